The summed E-state index contributed by atoms with van der Waals surface area (Å²) in [6.07, 6.45) is 0.740. The van der Waals surface area contributed by atoms with Gasteiger partial charge in [0.25, 0.3) is 0 Å². The number of hydrogen-bond acceptors (Lipinski definition) is 5. The number of carbonyl (C=O) groups is 3. The van der Waals surface area contributed by atoms with Crippen LogP contribution in [0.25, 0.3) is 0 Å². The van der Waals surface area contributed by atoms with Crippen LogP contribution in [0.15, 0.2) is 11.6 Å². The predicted molar refractivity (Wildman–Crippen MR) is 34.9 cm³/mol. The Morgan fingerprint density at radius 2 is 2.00 bits per heavy atom. The summed E-state index contributed by atoms with van der Waals surface area (Å²) in [6, 6.07) is 0. The van der Waals surface area contributed by atoms with Gasteiger partial charge in [0.1, 0.15) is 6.29 Å². The Hall–Kier alpha value is -1.69. The summed E-state index contributed by atoms with van der Waals surface area (Å²) in [5.41, 5.74) is -0.785. The van der Waals surface area contributed by atoms with E-state index in [4.69, 9.17) is 5.11 Å². The molecule has 66 valence electrons. The van der Waals surface area contributed by atoms with Crippen molar-refractivity contribution < 1.29 is 29.3 Å². The minimum Gasteiger partial charge on any atom is -0.477 e. The van der Waals surface area contributed by atoms with Gasteiger partial charge in [-0.1, -0.05) is 0 Å². The van der Waals surface area contributed by atoms with Gasteiger partial charge in [-0.05, 0) is 6.08 Å². The van der Waals surface area contributed by atoms with E-state index in [0.717, 1.165) is 7.11 Å². The third-order valence-corrected chi connectivity index (χ3v) is 0.844. The standard InChI is InChI=1S/C6H6O6/c1-11-12-6(10)4(2-3-7)5(8)9/h2-3H,1H3,(H,8,9)/b4-2+. The smallest absolute Gasteiger partial charge is 0.380 e. The van der Waals surface area contributed by atoms with Crippen molar-refractivity contribution in [2.24, 2.45) is 0 Å². The highest BCUT2D eigenvalue weighted by Gasteiger charge is 2.18. The molecule has 0 aromatic rings. The van der Waals surface area contributed by atoms with Crippen molar-refractivity contribution in [3.05, 3.63) is 11.6 Å². The molecule has 0 spiro atoms. The highest BCUT2D eigenvalue weighted by Crippen LogP contribution is 1.97. The Morgan fingerprint density at radius 1 is 1.42 bits per heavy atom. The van der Waals surface area contributed by atoms with Gasteiger partial charge in [-0.3, -0.25) is 9.68 Å². The monoisotopic (exact) mass is 174 g/mol. The lowest BCUT2D eigenvalue weighted by molar-refractivity contribution is -0.250. The maximum atomic E-state index is 10.6. The van der Waals surface area contributed by atoms with Gasteiger partial charge in [-0.15, -0.1) is 0 Å². The van der Waals surface area contributed by atoms with Crippen LogP contribution in [-0.2, 0) is 24.2 Å². The molecule has 0 radical (unpaired) electrons. The zero-order valence-corrected chi connectivity index (χ0v) is 6.14. The largest absolute Gasteiger partial charge is 0.477 e. The Bertz CT molecular complexity index is 228. The lowest BCUT2D eigenvalue weighted by atomic mass is 10.2. The normalized spacial score (nSPS) is 10.6. The SMILES string of the molecule is COOC(=O)/C(=C/C=O)C(=O)O. The topological polar surface area (TPSA) is 89.9 Å². The Labute approximate surface area is 67.3 Å². The lowest BCUT2D eigenvalue weighted by Gasteiger charge is -1.97. The number of allylic oxidation sites excluding steroid dienone is 1. The third-order valence-electron chi connectivity index (χ3n) is 0.844. The van der Waals surface area contributed by atoms with Crippen LogP contribution in [-0.4, -0.2) is 30.4 Å². The molecule has 6 heteroatoms. The number of carboxylic acid groups (broad SMARTS) is 1. The predicted octanol–water partition coefficient (Wildman–Crippen LogP) is -0.699. The second-order valence-electron chi connectivity index (χ2n) is 1.56. The molecule has 0 aliphatic rings. The molecule has 12 heavy (non-hydrogen) atoms. The van der Waals surface area contributed by atoms with Gasteiger partial charge in [0.05, 0.1) is 7.11 Å². The van der Waals surface area contributed by atoms with Gasteiger partial charge in [0.15, 0.2) is 5.57 Å². The first-order chi connectivity index (χ1) is 5.63. The van der Waals surface area contributed by atoms with Crippen LogP contribution in [0.1, 0.15) is 0 Å². The average molecular weight is 174 g/mol. The minimum atomic E-state index is -1.55. The van der Waals surface area contributed by atoms with E-state index in [-0.39, 0.29) is 6.29 Å². The molecule has 0 aromatic heterocycles. The van der Waals surface area contributed by atoms with Crippen LogP contribution in [0.5, 0.6) is 0 Å². The maximum Gasteiger partial charge on any atom is 0.380 e. The van der Waals surface area contributed by atoms with Gasteiger partial charge in [-0.25, -0.2) is 9.59 Å². The zero-order valence-electron chi connectivity index (χ0n) is 6.14. The fraction of sp³-hybridized carbons (Fsp3) is 0.167. The van der Waals surface area contributed by atoms with Crippen molar-refractivity contribution in [1.29, 1.82) is 0 Å². The second-order valence-corrected chi connectivity index (χ2v) is 1.56. The molecule has 0 unspecified atom stereocenters. The second kappa shape index (κ2) is 5.03. The van der Waals surface area contributed by atoms with Crippen molar-refractivity contribution >= 4 is 18.2 Å². The van der Waals surface area contributed by atoms with Crippen LogP contribution in [0.3, 0.4) is 0 Å². The molecule has 0 atom stereocenters. The summed E-state index contributed by atoms with van der Waals surface area (Å²) in [4.78, 5) is 38.5. The highest BCUT2D eigenvalue weighted by molar-refractivity contribution is 6.15. The van der Waals surface area contributed by atoms with Gasteiger partial charge in [0, 0.05) is 0 Å². The lowest BCUT2D eigenvalue weighted by Crippen LogP contribution is -2.15. The summed E-state index contributed by atoms with van der Waals surface area (Å²) in [5, 5.41) is 8.32. The molecule has 0 saturated heterocycles. The summed E-state index contributed by atoms with van der Waals surface area (Å²) in [6.45, 7) is 0. The molecule has 0 bridgehead atoms. The number of rotatable bonds is 4. The highest BCUT2D eigenvalue weighted by atomic mass is 17.2. The van der Waals surface area contributed by atoms with E-state index in [1.54, 1.807) is 0 Å². The Balaban J connectivity index is 4.52. The first-order valence-electron chi connectivity index (χ1n) is 2.77. The van der Waals surface area contributed by atoms with E-state index < -0.39 is 17.5 Å². The van der Waals surface area contributed by atoms with Crippen LogP contribution >= 0.6 is 0 Å². The summed E-state index contributed by atoms with van der Waals surface area (Å²) in [5.74, 6) is -2.78. The van der Waals surface area contributed by atoms with E-state index in [0.29, 0.717) is 6.08 Å². The summed E-state index contributed by atoms with van der Waals surface area (Å²) >= 11 is 0. The molecule has 6 nitrogen and oxygen atoms in total. The maximum absolute atomic E-state index is 10.6. The van der Waals surface area contributed by atoms with Crippen LogP contribution in [0, 0.1) is 0 Å². The van der Waals surface area contributed by atoms with E-state index in [2.05, 4.69) is 9.78 Å². The summed E-state index contributed by atoms with van der Waals surface area (Å²) < 4.78 is 0. The third kappa shape index (κ3) is 2.93. The fourth-order valence-electron chi connectivity index (χ4n) is 0.415. The van der Waals surface area contributed by atoms with E-state index in [9.17, 15) is 14.4 Å². The van der Waals surface area contributed by atoms with Gasteiger partial charge in [-0.2, -0.15) is 4.89 Å². The fourth-order valence-corrected chi connectivity index (χ4v) is 0.415. The molecule has 1 N–H and O–H groups in total. The zero-order chi connectivity index (χ0) is 9.56. The molecular weight excluding hydrogens is 168 g/mol. The van der Waals surface area contributed by atoms with E-state index in [1.165, 1.54) is 0 Å². The molecule has 0 saturated carbocycles. The Kier molecular flexibility index (Phi) is 4.32. The number of aliphatic carboxylic acids is 1. The number of aldehydes is 1. The molecular formula is C6H6O6. The quantitative estimate of drug-likeness (QED) is 0.151. The van der Waals surface area contributed by atoms with Crippen molar-refractivity contribution in [3.63, 3.8) is 0 Å². The van der Waals surface area contributed by atoms with Crippen molar-refractivity contribution in [2.45, 2.75) is 0 Å². The molecule has 0 aliphatic heterocycles. The van der Waals surface area contributed by atoms with E-state index in [1.807, 2.05) is 0 Å². The molecule has 0 amide bonds. The molecule has 0 heterocycles. The first kappa shape index (κ1) is 10.3. The van der Waals surface area contributed by atoms with Crippen molar-refractivity contribution in [2.75, 3.05) is 7.11 Å². The molecule has 0 aliphatic carbocycles. The molecule has 0 aromatic carbocycles. The first-order valence-corrected chi connectivity index (χ1v) is 2.77. The van der Waals surface area contributed by atoms with Crippen molar-refractivity contribution in [3.8, 4) is 0 Å². The summed E-state index contributed by atoms with van der Waals surface area (Å²) in [7, 11) is 1.04. The van der Waals surface area contributed by atoms with Crippen LogP contribution in [0.2, 0.25) is 0 Å². The van der Waals surface area contributed by atoms with Crippen LogP contribution in [0.4, 0.5) is 0 Å². The number of hydrogen-bond donors (Lipinski definition) is 1. The molecule has 0 rings (SSSR count). The molecule has 0 fully saturated rings. The van der Waals surface area contributed by atoms with E-state index >= 15 is 0 Å². The van der Waals surface area contributed by atoms with Gasteiger partial charge in [0.2, 0.25) is 0 Å². The number of carboxylic acids is 1. The Morgan fingerprint density at radius 3 is 2.33 bits per heavy atom. The van der Waals surface area contributed by atoms with Gasteiger partial charge < -0.3 is 5.11 Å². The van der Waals surface area contributed by atoms with Gasteiger partial charge >= 0.3 is 11.9 Å². The minimum absolute atomic E-state index is 0.167. The van der Waals surface area contributed by atoms with Crippen LogP contribution < -0.4 is 0 Å². The average Bonchev–Trinajstić information content (AvgIpc) is 1.99. The number of carbonyl (C=O) groups excluding carboxylic acids is 2. The van der Waals surface area contributed by atoms with Crippen molar-refractivity contribution in [1.82, 2.24) is 0 Å².